The van der Waals surface area contributed by atoms with Gasteiger partial charge in [0.05, 0.1) is 6.10 Å². The number of hydrogen-bond acceptors (Lipinski definition) is 3. The van der Waals surface area contributed by atoms with Crippen LogP contribution in [0, 0.1) is 11.7 Å². The number of likely N-dealkylation sites (tertiary alicyclic amines) is 1. The Morgan fingerprint density at radius 3 is 2.81 bits per heavy atom. The van der Waals surface area contributed by atoms with Crippen molar-refractivity contribution in [3.8, 4) is 0 Å². The number of aliphatic hydroxyl groups excluding tert-OH is 1. The monoisotopic (exact) mass is 294 g/mol. The minimum Gasteiger partial charge on any atom is -0.388 e. The zero-order valence-electron chi connectivity index (χ0n) is 13.3. The number of rotatable bonds is 5. The molecule has 0 saturated carbocycles. The van der Waals surface area contributed by atoms with E-state index in [0.717, 1.165) is 19.6 Å². The van der Waals surface area contributed by atoms with Crippen LogP contribution in [0.15, 0.2) is 24.3 Å². The molecule has 0 spiro atoms. The lowest BCUT2D eigenvalue weighted by atomic mass is 9.95. The second-order valence-electron chi connectivity index (χ2n) is 6.44. The molecular formula is C17H27FN2O. The Balaban J connectivity index is 1.94. The summed E-state index contributed by atoms with van der Waals surface area (Å²) in [4.78, 5) is 4.66. The Labute approximate surface area is 127 Å². The molecular weight excluding hydrogens is 267 g/mol. The molecule has 0 aliphatic carbocycles. The molecule has 0 bridgehead atoms. The van der Waals surface area contributed by atoms with Crippen LogP contribution < -0.4 is 0 Å². The number of nitrogens with zero attached hydrogens (tertiary/aromatic N) is 2. The smallest absolute Gasteiger partial charge is 0.129 e. The summed E-state index contributed by atoms with van der Waals surface area (Å²) in [6, 6.07) is 7.03. The van der Waals surface area contributed by atoms with Crippen molar-refractivity contribution < 1.29 is 9.50 Å². The SMILES string of the molecule is CC(CN(C)C1CCCN(C)C1)C(O)c1ccccc1F. The first-order chi connectivity index (χ1) is 9.99. The molecule has 1 fully saturated rings. The maximum Gasteiger partial charge on any atom is 0.129 e. The standard InChI is InChI=1S/C17H27FN2O/c1-13(17(21)15-8-4-5-9-16(15)18)11-20(3)14-7-6-10-19(2)12-14/h4-5,8-9,13-14,17,21H,6-7,10-12H2,1-3H3. The lowest BCUT2D eigenvalue weighted by Gasteiger charge is -2.37. The first-order valence-electron chi connectivity index (χ1n) is 7.80. The van der Waals surface area contributed by atoms with Crippen molar-refractivity contribution in [2.45, 2.75) is 31.9 Å². The van der Waals surface area contributed by atoms with Crippen LogP contribution in [0.3, 0.4) is 0 Å². The average Bonchev–Trinajstić information content (AvgIpc) is 2.47. The van der Waals surface area contributed by atoms with Crippen molar-refractivity contribution in [2.24, 2.45) is 5.92 Å². The van der Waals surface area contributed by atoms with E-state index in [0.29, 0.717) is 11.6 Å². The van der Waals surface area contributed by atoms with Crippen LogP contribution in [0.1, 0.15) is 31.4 Å². The van der Waals surface area contributed by atoms with Gasteiger partial charge in [-0.15, -0.1) is 0 Å². The normalized spacial score (nSPS) is 23.2. The Morgan fingerprint density at radius 2 is 2.14 bits per heavy atom. The molecule has 1 heterocycles. The van der Waals surface area contributed by atoms with Gasteiger partial charge < -0.3 is 14.9 Å². The van der Waals surface area contributed by atoms with E-state index in [9.17, 15) is 9.50 Å². The zero-order chi connectivity index (χ0) is 15.4. The summed E-state index contributed by atoms with van der Waals surface area (Å²) in [6.45, 7) is 4.99. The molecule has 3 unspecified atom stereocenters. The molecule has 4 heteroatoms. The van der Waals surface area contributed by atoms with Crippen LogP contribution in [0.25, 0.3) is 0 Å². The van der Waals surface area contributed by atoms with E-state index in [2.05, 4.69) is 23.9 Å². The van der Waals surface area contributed by atoms with E-state index in [4.69, 9.17) is 0 Å². The summed E-state index contributed by atoms with van der Waals surface area (Å²) in [5.74, 6) is -0.323. The maximum atomic E-state index is 13.8. The Kier molecular flexibility index (Phi) is 5.73. The summed E-state index contributed by atoms with van der Waals surface area (Å²) in [5.41, 5.74) is 0.402. The molecule has 1 aromatic rings. The highest BCUT2D eigenvalue weighted by Crippen LogP contribution is 2.25. The largest absolute Gasteiger partial charge is 0.388 e. The van der Waals surface area contributed by atoms with Crippen molar-refractivity contribution >= 4 is 0 Å². The van der Waals surface area contributed by atoms with Crippen molar-refractivity contribution in [3.63, 3.8) is 0 Å². The fourth-order valence-electron chi connectivity index (χ4n) is 3.22. The molecule has 1 saturated heterocycles. The van der Waals surface area contributed by atoms with Crippen molar-refractivity contribution in [1.29, 1.82) is 0 Å². The molecule has 1 N–H and O–H groups in total. The Morgan fingerprint density at radius 1 is 1.43 bits per heavy atom. The fraction of sp³-hybridized carbons (Fsp3) is 0.647. The highest BCUT2D eigenvalue weighted by Gasteiger charge is 2.25. The van der Waals surface area contributed by atoms with E-state index >= 15 is 0 Å². The van der Waals surface area contributed by atoms with Gasteiger partial charge in [-0.1, -0.05) is 25.1 Å². The lowest BCUT2D eigenvalue weighted by molar-refractivity contribution is 0.0640. The molecule has 1 aliphatic heterocycles. The number of likely N-dealkylation sites (N-methyl/N-ethyl adjacent to an activating group) is 2. The fourth-order valence-corrected chi connectivity index (χ4v) is 3.22. The van der Waals surface area contributed by atoms with Crippen LogP contribution in [0.5, 0.6) is 0 Å². The van der Waals surface area contributed by atoms with Gasteiger partial charge in [0, 0.05) is 24.7 Å². The predicted octanol–water partition coefficient (Wildman–Crippen LogP) is 2.52. The van der Waals surface area contributed by atoms with Crippen molar-refractivity contribution in [2.75, 3.05) is 33.7 Å². The van der Waals surface area contributed by atoms with E-state index in [1.807, 2.05) is 6.92 Å². The maximum absolute atomic E-state index is 13.8. The Bertz CT molecular complexity index is 454. The average molecular weight is 294 g/mol. The van der Waals surface area contributed by atoms with Gasteiger partial charge >= 0.3 is 0 Å². The van der Waals surface area contributed by atoms with Crippen molar-refractivity contribution in [3.05, 3.63) is 35.6 Å². The van der Waals surface area contributed by atoms with E-state index < -0.39 is 6.10 Å². The minimum absolute atomic E-state index is 0.000803. The number of benzene rings is 1. The first-order valence-corrected chi connectivity index (χ1v) is 7.80. The third kappa shape index (κ3) is 4.25. The van der Waals surface area contributed by atoms with Gasteiger partial charge in [-0.05, 0) is 45.5 Å². The number of aliphatic hydroxyl groups is 1. The quantitative estimate of drug-likeness (QED) is 0.904. The zero-order valence-corrected chi connectivity index (χ0v) is 13.3. The third-order valence-electron chi connectivity index (χ3n) is 4.56. The van der Waals surface area contributed by atoms with Gasteiger partial charge in [-0.2, -0.15) is 0 Å². The molecule has 1 aromatic carbocycles. The molecule has 1 aliphatic rings. The van der Waals surface area contributed by atoms with Gasteiger partial charge in [-0.25, -0.2) is 4.39 Å². The van der Waals surface area contributed by atoms with Gasteiger partial charge in [-0.3, -0.25) is 0 Å². The topological polar surface area (TPSA) is 26.7 Å². The molecule has 2 rings (SSSR count). The van der Waals surface area contributed by atoms with Crippen LogP contribution in [0.4, 0.5) is 4.39 Å². The lowest BCUT2D eigenvalue weighted by Crippen LogP contribution is -2.46. The molecule has 0 aromatic heterocycles. The van der Waals surface area contributed by atoms with Gasteiger partial charge in [0.1, 0.15) is 5.82 Å². The summed E-state index contributed by atoms with van der Waals surface area (Å²) in [6.07, 6.45) is 1.66. The highest BCUT2D eigenvalue weighted by atomic mass is 19.1. The Hall–Kier alpha value is -0.970. The number of halogens is 1. The van der Waals surface area contributed by atoms with Crippen LogP contribution in [-0.4, -0.2) is 54.7 Å². The highest BCUT2D eigenvalue weighted by molar-refractivity contribution is 5.20. The van der Waals surface area contributed by atoms with Crippen LogP contribution >= 0.6 is 0 Å². The van der Waals surface area contributed by atoms with Gasteiger partial charge in [0.2, 0.25) is 0 Å². The third-order valence-corrected chi connectivity index (χ3v) is 4.56. The second-order valence-corrected chi connectivity index (χ2v) is 6.44. The predicted molar refractivity (Wildman–Crippen MR) is 83.7 cm³/mol. The summed E-state index contributed by atoms with van der Waals surface area (Å²) < 4.78 is 13.8. The summed E-state index contributed by atoms with van der Waals surface area (Å²) in [5, 5.41) is 10.4. The molecule has 21 heavy (non-hydrogen) atoms. The van der Waals surface area contributed by atoms with Gasteiger partial charge in [0.25, 0.3) is 0 Å². The van der Waals surface area contributed by atoms with Crippen LogP contribution in [0.2, 0.25) is 0 Å². The van der Waals surface area contributed by atoms with E-state index in [-0.39, 0.29) is 11.7 Å². The number of hydrogen-bond donors (Lipinski definition) is 1. The van der Waals surface area contributed by atoms with Crippen molar-refractivity contribution in [1.82, 2.24) is 9.80 Å². The molecule has 3 nitrogen and oxygen atoms in total. The minimum atomic E-state index is -0.755. The summed E-state index contributed by atoms with van der Waals surface area (Å²) >= 11 is 0. The molecule has 118 valence electrons. The van der Waals surface area contributed by atoms with Gasteiger partial charge in [0.15, 0.2) is 0 Å². The first kappa shape index (κ1) is 16.4. The van der Waals surface area contributed by atoms with Crippen LogP contribution in [-0.2, 0) is 0 Å². The molecule has 0 amide bonds. The number of piperidine rings is 1. The summed E-state index contributed by atoms with van der Waals surface area (Å²) in [7, 11) is 4.26. The molecule has 3 atom stereocenters. The second kappa shape index (κ2) is 7.34. The van der Waals surface area contributed by atoms with E-state index in [1.54, 1.807) is 18.2 Å². The molecule has 0 radical (unpaired) electrons. The van der Waals surface area contributed by atoms with E-state index in [1.165, 1.54) is 18.9 Å².